The molecule has 4 rings (SSSR count). The molecule has 2 aromatic heterocycles. The number of benzene rings is 2. The number of halogens is 1. The van der Waals surface area contributed by atoms with E-state index in [-0.39, 0.29) is 12.3 Å². The smallest absolute Gasteiger partial charge is 0.290 e. The fraction of sp³-hybridized carbons (Fsp3) is 0.0500. The summed E-state index contributed by atoms with van der Waals surface area (Å²) in [6.45, 7) is 0.181. The molecule has 27 heavy (non-hydrogen) atoms. The third-order valence-corrected chi connectivity index (χ3v) is 4.27. The number of hydrogen-bond donors (Lipinski definition) is 1. The highest BCUT2D eigenvalue weighted by atomic mass is 35.5. The Bertz CT molecular complexity index is 1070. The lowest BCUT2D eigenvalue weighted by Crippen LogP contribution is -2.21. The number of nitrogens with zero attached hydrogens (tertiary/aromatic N) is 2. The normalized spacial score (nSPS) is 10.7. The van der Waals surface area contributed by atoms with E-state index in [4.69, 9.17) is 20.6 Å². The molecule has 4 aromatic rings. The van der Waals surface area contributed by atoms with E-state index >= 15 is 0 Å². The van der Waals surface area contributed by atoms with Crippen LogP contribution in [0.2, 0.25) is 5.02 Å². The summed E-state index contributed by atoms with van der Waals surface area (Å²) >= 11 is 6.14. The Kier molecular flexibility index (Phi) is 4.72. The Morgan fingerprint density at radius 1 is 0.926 bits per heavy atom. The molecule has 0 saturated carbocycles. The van der Waals surface area contributed by atoms with Crippen LogP contribution >= 0.6 is 11.6 Å². The molecule has 2 heterocycles. The standard InChI is InChI=1S/C20H14ClN3O3/c21-16-9-5-4-8-15(16)18-11-19(27-24-18)20(25)22-12-14-10-17(23-26-14)13-6-2-1-3-7-13/h1-11H,12H2,(H,22,25). The molecule has 1 N–H and O–H groups in total. The zero-order valence-corrected chi connectivity index (χ0v) is 14.8. The SMILES string of the molecule is O=C(NCc1cc(-c2ccccc2)no1)c1cc(-c2ccccc2Cl)no1. The average Bonchev–Trinajstić information content (AvgIpc) is 3.37. The molecule has 7 heteroatoms. The number of carbonyl (C=O) groups is 1. The van der Waals surface area contributed by atoms with Crippen LogP contribution in [0.4, 0.5) is 0 Å². The van der Waals surface area contributed by atoms with E-state index < -0.39 is 5.91 Å². The second kappa shape index (κ2) is 7.47. The average molecular weight is 380 g/mol. The zero-order valence-electron chi connectivity index (χ0n) is 14.1. The Balaban J connectivity index is 1.42. The van der Waals surface area contributed by atoms with Gasteiger partial charge in [-0.2, -0.15) is 0 Å². The molecule has 6 nitrogen and oxygen atoms in total. The summed E-state index contributed by atoms with van der Waals surface area (Å²) in [5, 5.41) is 11.2. The number of amides is 1. The quantitative estimate of drug-likeness (QED) is 0.549. The zero-order chi connectivity index (χ0) is 18.6. The third kappa shape index (κ3) is 3.75. The van der Waals surface area contributed by atoms with Gasteiger partial charge < -0.3 is 14.4 Å². The predicted molar refractivity (Wildman–Crippen MR) is 100 cm³/mol. The first-order chi connectivity index (χ1) is 13.2. The Morgan fingerprint density at radius 3 is 2.48 bits per heavy atom. The number of carbonyl (C=O) groups excluding carboxylic acids is 1. The van der Waals surface area contributed by atoms with E-state index in [0.29, 0.717) is 27.7 Å². The topological polar surface area (TPSA) is 81.2 Å². The second-order valence-corrected chi connectivity index (χ2v) is 6.19. The van der Waals surface area contributed by atoms with E-state index in [9.17, 15) is 4.79 Å². The first kappa shape index (κ1) is 17.1. The fourth-order valence-corrected chi connectivity index (χ4v) is 2.81. The van der Waals surface area contributed by atoms with Crippen LogP contribution < -0.4 is 5.32 Å². The fourth-order valence-electron chi connectivity index (χ4n) is 2.57. The van der Waals surface area contributed by atoms with Crippen molar-refractivity contribution in [3.8, 4) is 22.5 Å². The van der Waals surface area contributed by atoms with Gasteiger partial charge in [0, 0.05) is 23.3 Å². The van der Waals surface area contributed by atoms with E-state index in [1.165, 1.54) is 0 Å². The van der Waals surface area contributed by atoms with Gasteiger partial charge in [0.15, 0.2) is 5.76 Å². The van der Waals surface area contributed by atoms with Crippen LogP contribution in [0.5, 0.6) is 0 Å². The van der Waals surface area contributed by atoms with Gasteiger partial charge in [0.2, 0.25) is 5.76 Å². The molecule has 0 unspecified atom stereocenters. The largest absolute Gasteiger partial charge is 0.359 e. The lowest BCUT2D eigenvalue weighted by molar-refractivity contribution is 0.0910. The van der Waals surface area contributed by atoms with Crippen molar-refractivity contribution in [2.75, 3.05) is 0 Å². The molecule has 0 aliphatic heterocycles. The number of nitrogens with one attached hydrogen (secondary N) is 1. The predicted octanol–water partition coefficient (Wildman–Crippen LogP) is 4.58. The van der Waals surface area contributed by atoms with Gasteiger partial charge in [0.1, 0.15) is 11.4 Å². The highest BCUT2D eigenvalue weighted by Crippen LogP contribution is 2.27. The van der Waals surface area contributed by atoms with Crippen molar-refractivity contribution in [1.29, 1.82) is 0 Å². The van der Waals surface area contributed by atoms with Crippen molar-refractivity contribution in [3.05, 3.63) is 83.3 Å². The maximum Gasteiger partial charge on any atom is 0.290 e. The Hall–Kier alpha value is -3.38. The van der Waals surface area contributed by atoms with Crippen LogP contribution in [0.1, 0.15) is 16.3 Å². The summed E-state index contributed by atoms with van der Waals surface area (Å²) < 4.78 is 10.4. The number of aromatic nitrogens is 2. The second-order valence-electron chi connectivity index (χ2n) is 5.78. The summed E-state index contributed by atoms with van der Waals surface area (Å²) in [7, 11) is 0. The molecule has 0 bridgehead atoms. The lowest BCUT2D eigenvalue weighted by Gasteiger charge is -1.98. The summed E-state index contributed by atoms with van der Waals surface area (Å²) in [6, 6.07) is 20.2. The van der Waals surface area contributed by atoms with Crippen molar-refractivity contribution in [3.63, 3.8) is 0 Å². The molecule has 0 aliphatic rings. The van der Waals surface area contributed by atoms with Gasteiger partial charge in [-0.05, 0) is 6.07 Å². The molecule has 0 spiro atoms. The van der Waals surface area contributed by atoms with Crippen LogP contribution in [0.25, 0.3) is 22.5 Å². The van der Waals surface area contributed by atoms with Gasteiger partial charge in [-0.15, -0.1) is 0 Å². The maximum atomic E-state index is 12.3. The maximum absolute atomic E-state index is 12.3. The van der Waals surface area contributed by atoms with E-state index in [1.54, 1.807) is 18.2 Å². The van der Waals surface area contributed by atoms with Crippen LogP contribution in [-0.4, -0.2) is 16.2 Å². The summed E-state index contributed by atoms with van der Waals surface area (Å²) in [5.41, 5.74) is 2.85. The Morgan fingerprint density at radius 2 is 1.67 bits per heavy atom. The molecule has 0 radical (unpaired) electrons. The van der Waals surface area contributed by atoms with Gasteiger partial charge in [0.25, 0.3) is 5.91 Å². The minimum atomic E-state index is -0.404. The van der Waals surface area contributed by atoms with Gasteiger partial charge in [-0.3, -0.25) is 4.79 Å². The number of hydrogen-bond acceptors (Lipinski definition) is 5. The van der Waals surface area contributed by atoms with Crippen molar-refractivity contribution in [2.45, 2.75) is 6.54 Å². The van der Waals surface area contributed by atoms with Crippen molar-refractivity contribution >= 4 is 17.5 Å². The van der Waals surface area contributed by atoms with Gasteiger partial charge in [-0.25, -0.2) is 0 Å². The molecular weight excluding hydrogens is 366 g/mol. The summed E-state index contributed by atoms with van der Waals surface area (Å²) in [6.07, 6.45) is 0. The summed E-state index contributed by atoms with van der Waals surface area (Å²) in [4.78, 5) is 12.3. The Labute approximate surface area is 159 Å². The van der Waals surface area contributed by atoms with Gasteiger partial charge in [0.05, 0.1) is 11.6 Å². The van der Waals surface area contributed by atoms with E-state index in [1.807, 2.05) is 48.5 Å². The molecule has 134 valence electrons. The highest BCUT2D eigenvalue weighted by Gasteiger charge is 2.16. The minimum absolute atomic E-state index is 0.0905. The van der Waals surface area contributed by atoms with Crippen LogP contribution in [0, 0.1) is 0 Å². The number of rotatable bonds is 5. The summed E-state index contributed by atoms with van der Waals surface area (Å²) in [5.74, 6) is 0.222. The van der Waals surface area contributed by atoms with Gasteiger partial charge >= 0.3 is 0 Å². The van der Waals surface area contributed by atoms with Gasteiger partial charge in [-0.1, -0.05) is 70.4 Å². The van der Waals surface area contributed by atoms with E-state index in [2.05, 4.69) is 15.6 Å². The third-order valence-electron chi connectivity index (χ3n) is 3.94. The molecule has 0 aliphatic carbocycles. The minimum Gasteiger partial charge on any atom is -0.359 e. The first-order valence-corrected chi connectivity index (χ1v) is 8.59. The first-order valence-electron chi connectivity index (χ1n) is 8.21. The molecular formula is C20H14ClN3O3. The van der Waals surface area contributed by atoms with Crippen molar-refractivity contribution in [1.82, 2.24) is 15.6 Å². The van der Waals surface area contributed by atoms with Crippen molar-refractivity contribution < 1.29 is 13.8 Å². The highest BCUT2D eigenvalue weighted by molar-refractivity contribution is 6.33. The molecule has 1 amide bonds. The van der Waals surface area contributed by atoms with Crippen molar-refractivity contribution in [2.24, 2.45) is 0 Å². The lowest BCUT2D eigenvalue weighted by atomic mass is 10.1. The molecule has 0 atom stereocenters. The monoisotopic (exact) mass is 379 g/mol. The molecule has 0 saturated heterocycles. The van der Waals surface area contributed by atoms with E-state index in [0.717, 1.165) is 5.56 Å². The molecule has 2 aromatic carbocycles. The molecule has 0 fully saturated rings. The van der Waals surface area contributed by atoms with Crippen LogP contribution in [0.15, 0.2) is 75.8 Å². The van der Waals surface area contributed by atoms with Crippen LogP contribution in [0.3, 0.4) is 0 Å². The van der Waals surface area contributed by atoms with Crippen LogP contribution in [-0.2, 0) is 6.54 Å².